The van der Waals surface area contributed by atoms with Crippen molar-refractivity contribution in [3.63, 3.8) is 0 Å². The lowest BCUT2D eigenvalue weighted by Crippen LogP contribution is -2.17. The molecule has 1 aliphatic rings. The van der Waals surface area contributed by atoms with E-state index in [-0.39, 0.29) is 4.75 Å². The third kappa shape index (κ3) is 4.70. The van der Waals surface area contributed by atoms with Crippen molar-refractivity contribution in [2.24, 2.45) is 0 Å². The molecule has 0 atom stereocenters. The van der Waals surface area contributed by atoms with Crippen LogP contribution in [0.25, 0.3) is 0 Å². The van der Waals surface area contributed by atoms with E-state index in [1.54, 1.807) is 12.1 Å². The van der Waals surface area contributed by atoms with Crippen LogP contribution in [0.15, 0.2) is 23.1 Å². The molecule has 0 radical (unpaired) electrons. The van der Waals surface area contributed by atoms with E-state index in [0.29, 0.717) is 23.0 Å². The summed E-state index contributed by atoms with van der Waals surface area (Å²) in [5, 5.41) is 3.25. The molecule has 20 heavy (non-hydrogen) atoms. The zero-order valence-corrected chi connectivity index (χ0v) is 12.8. The molecule has 1 aromatic rings. The van der Waals surface area contributed by atoms with E-state index >= 15 is 0 Å². The summed E-state index contributed by atoms with van der Waals surface area (Å²) in [5.41, 5.74) is 0.176. The Balaban J connectivity index is 2.22. The van der Waals surface area contributed by atoms with Crippen molar-refractivity contribution in [1.82, 2.24) is 5.32 Å². The second-order valence-corrected chi connectivity index (χ2v) is 8.07. The van der Waals surface area contributed by atoms with Crippen LogP contribution in [0.2, 0.25) is 0 Å². The SMILES string of the molecule is CC(C)(C)Sc1ccc(CNC2CC2)cc1C(F)(F)F. The zero-order chi connectivity index (χ0) is 15.0. The average Bonchev–Trinajstić information content (AvgIpc) is 3.08. The molecule has 0 bridgehead atoms. The Hall–Kier alpha value is -0.680. The van der Waals surface area contributed by atoms with Crippen LogP contribution in [-0.2, 0) is 12.7 Å². The molecule has 1 nitrogen and oxygen atoms in total. The zero-order valence-electron chi connectivity index (χ0n) is 12.0. The summed E-state index contributed by atoms with van der Waals surface area (Å²) >= 11 is 1.26. The molecule has 0 amide bonds. The fourth-order valence-electron chi connectivity index (χ4n) is 1.88. The van der Waals surface area contributed by atoms with Gasteiger partial charge >= 0.3 is 6.18 Å². The number of halogens is 3. The summed E-state index contributed by atoms with van der Waals surface area (Å²) < 4.78 is 39.3. The van der Waals surface area contributed by atoms with Gasteiger partial charge in [0.1, 0.15) is 0 Å². The number of hydrogen-bond acceptors (Lipinski definition) is 2. The van der Waals surface area contributed by atoms with E-state index in [1.165, 1.54) is 17.8 Å². The fourth-order valence-corrected chi connectivity index (χ4v) is 2.96. The summed E-state index contributed by atoms with van der Waals surface area (Å²) in [6.45, 7) is 6.26. The van der Waals surface area contributed by atoms with Crippen LogP contribution in [0.1, 0.15) is 44.7 Å². The Morgan fingerprint density at radius 2 is 1.85 bits per heavy atom. The largest absolute Gasteiger partial charge is 0.417 e. The molecule has 0 unspecified atom stereocenters. The van der Waals surface area contributed by atoms with E-state index in [0.717, 1.165) is 12.8 Å². The molecular formula is C15H20F3NS. The third-order valence-corrected chi connectivity index (χ3v) is 4.13. The lowest BCUT2D eigenvalue weighted by Gasteiger charge is -2.21. The molecule has 1 N–H and O–H groups in total. The van der Waals surface area contributed by atoms with Gasteiger partial charge in [0.15, 0.2) is 0 Å². The molecule has 1 fully saturated rings. The second kappa shape index (κ2) is 5.60. The summed E-state index contributed by atoms with van der Waals surface area (Å²) in [6.07, 6.45) is -2.04. The van der Waals surface area contributed by atoms with E-state index in [2.05, 4.69) is 5.32 Å². The minimum Gasteiger partial charge on any atom is -0.310 e. The molecule has 1 saturated carbocycles. The lowest BCUT2D eigenvalue weighted by molar-refractivity contribution is -0.139. The van der Waals surface area contributed by atoms with Crippen molar-refractivity contribution >= 4 is 11.8 Å². The van der Waals surface area contributed by atoms with Crippen LogP contribution in [-0.4, -0.2) is 10.8 Å². The van der Waals surface area contributed by atoms with Crippen molar-refractivity contribution in [2.75, 3.05) is 0 Å². The van der Waals surface area contributed by atoms with Gasteiger partial charge in [-0.1, -0.05) is 26.8 Å². The summed E-state index contributed by atoms with van der Waals surface area (Å²) in [6, 6.07) is 5.16. The number of rotatable bonds is 4. The van der Waals surface area contributed by atoms with Gasteiger partial charge in [-0.05, 0) is 30.5 Å². The fraction of sp³-hybridized carbons (Fsp3) is 0.600. The molecule has 0 saturated heterocycles. The molecule has 2 rings (SSSR count). The van der Waals surface area contributed by atoms with Crippen molar-refractivity contribution in [2.45, 2.75) is 62.0 Å². The highest BCUT2D eigenvalue weighted by Crippen LogP contribution is 2.41. The highest BCUT2D eigenvalue weighted by atomic mass is 32.2. The standard InChI is InChI=1S/C15H20F3NS/c1-14(2,3)20-13-7-4-10(9-19-11-5-6-11)8-12(13)15(16,17)18/h4,7-8,11,19H,5-6,9H2,1-3H3. The Morgan fingerprint density at radius 1 is 1.20 bits per heavy atom. The quantitative estimate of drug-likeness (QED) is 0.798. The van der Waals surface area contributed by atoms with Crippen LogP contribution in [0.3, 0.4) is 0 Å². The normalized spacial score (nSPS) is 16.5. The first-order valence-corrected chi connectivity index (χ1v) is 7.59. The maximum atomic E-state index is 13.2. The molecular weight excluding hydrogens is 283 g/mol. The third-order valence-electron chi connectivity index (χ3n) is 2.94. The number of benzene rings is 1. The van der Waals surface area contributed by atoms with E-state index in [4.69, 9.17) is 0 Å². The smallest absolute Gasteiger partial charge is 0.310 e. The number of hydrogen-bond donors (Lipinski definition) is 1. The Bertz CT molecular complexity index is 473. The van der Waals surface area contributed by atoms with Crippen LogP contribution in [0.5, 0.6) is 0 Å². The van der Waals surface area contributed by atoms with Crippen molar-refractivity contribution in [3.8, 4) is 0 Å². The maximum Gasteiger partial charge on any atom is 0.417 e. The summed E-state index contributed by atoms with van der Waals surface area (Å²) in [7, 11) is 0. The molecule has 5 heteroatoms. The Morgan fingerprint density at radius 3 is 2.35 bits per heavy atom. The monoisotopic (exact) mass is 303 g/mol. The molecule has 0 heterocycles. The predicted octanol–water partition coefficient (Wildman–Crippen LogP) is 4.85. The van der Waals surface area contributed by atoms with Gasteiger partial charge in [-0.3, -0.25) is 0 Å². The molecule has 112 valence electrons. The van der Waals surface area contributed by atoms with E-state index in [1.807, 2.05) is 20.8 Å². The van der Waals surface area contributed by atoms with Crippen molar-refractivity contribution in [3.05, 3.63) is 29.3 Å². The van der Waals surface area contributed by atoms with Crippen LogP contribution in [0.4, 0.5) is 13.2 Å². The van der Waals surface area contributed by atoms with Crippen LogP contribution < -0.4 is 5.32 Å². The number of nitrogens with one attached hydrogen (secondary N) is 1. The van der Waals surface area contributed by atoms with Crippen LogP contribution in [0, 0.1) is 0 Å². The average molecular weight is 303 g/mol. The first kappa shape index (κ1) is 15.7. The van der Waals surface area contributed by atoms with Crippen molar-refractivity contribution in [1.29, 1.82) is 0 Å². The number of alkyl halides is 3. The van der Waals surface area contributed by atoms with Gasteiger partial charge < -0.3 is 5.32 Å². The van der Waals surface area contributed by atoms with E-state index < -0.39 is 11.7 Å². The minimum atomic E-state index is -4.30. The predicted molar refractivity (Wildman–Crippen MR) is 76.9 cm³/mol. The van der Waals surface area contributed by atoms with Gasteiger partial charge in [-0.2, -0.15) is 13.2 Å². The molecule has 0 aromatic heterocycles. The van der Waals surface area contributed by atoms with E-state index in [9.17, 15) is 13.2 Å². The summed E-state index contributed by atoms with van der Waals surface area (Å²) in [4.78, 5) is 0.306. The first-order chi connectivity index (χ1) is 9.15. The second-order valence-electron chi connectivity index (χ2n) is 6.20. The summed E-state index contributed by atoms with van der Waals surface area (Å²) in [5.74, 6) is 0. The van der Waals surface area contributed by atoms with Gasteiger partial charge in [0.25, 0.3) is 0 Å². The topological polar surface area (TPSA) is 12.0 Å². The molecule has 0 spiro atoms. The lowest BCUT2D eigenvalue weighted by atomic mass is 10.1. The highest BCUT2D eigenvalue weighted by molar-refractivity contribution is 8.00. The van der Waals surface area contributed by atoms with Gasteiger partial charge in [0.05, 0.1) is 5.56 Å². The Kier molecular flexibility index (Phi) is 4.40. The van der Waals surface area contributed by atoms with Gasteiger partial charge in [0.2, 0.25) is 0 Å². The molecule has 0 aliphatic heterocycles. The van der Waals surface area contributed by atoms with Gasteiger partial charge in [-0.25, -0.2) is 0 Å². The highest BCUT2D eigenvalue weighted by Gasteiger charge is 2.35. The van der Waals surface area contributed by atoms with Crippen LogP contribution >= 0.6 is 11.8 Å². The van der Waals surface area contributed by atoms with Gasteiger partial charge in [0, 0.05) is 22.2 Å². The molecule has 1 aromatic carbocycles. The van der Waals surface area contributed by atoms with Gasteiger partial charge in [-0.15, -0.1) is 11.8 Å². The number of thioether (sulfide) groups is 1. The molecule has 1 aliphatic carbocycles. The first-order valence-electron chi connectivity index (χ1n) is 6.78. The minimum absolute atomic E-state index is 0.242. The Labute approximate surface area is 122 Å². The maximum absolute atomic E-state index is 13.2. The van der Waals surface area contributed by atoms with Crippen molar-refractivity contribution < 1.29 is 13.2 Å².